The molecule has 0 spiro atoms. The summed E-state index contributed by atoms with van der Waals surface area (Å²) in [7, 11) is 0. The van der Waals surface area contributed by atoms with Crippen molar-refractivity contribution >= 4 is 11.8 Å². The van der Waals surface area contributed by atoms with E-state index in [9.17, 15) is 0 Å². The Bertz CT molecular complexity index is 367. The smallest absolute Gasteiger partial charge is 0.134 e. The minimum Gasteiger partial charge on any atom is -0.314 e. The van der Waals surface area contributed by atoms with E-state index in [1.54, 1.807) is 0 Å². The molecule has 1 aromatic rings. The SMILES string of the molecule is c1nnc(CC2CSCCN2)n1C1CCCCC1. The molecular formula is C13H22N4S. The Morgan fingerprint density at radius 3 is 3.00 bits per heavy atom. The Morgan fingerprint density at radius 1 is 1.33 bits per heavy atom. The Labute approximate surface area is 113 Å². The molecule has 4 nitrogen and oxygen atoms in total. The average Bonchev–Trinajstić information content (AvgIpc) is 2.89. The molecule has 2 fully saturated rings. The van der Waals surface area contributed by atoms with E-state index in [1.807, 2.05) is 18.1 Å². The first-order valence-electron chi connectivity index (χ1n) is 7.13. The molecule has 3 rings (SSSR count). The fourth-order valence-corrected chi connectivity index (χ4v) is 4.00. The van der Waals surface area contributed by atoms with Crippen LogP contribution in [0.15, 0.2) is 6.33 Å². The fourth-order valence-electron chi connectivity index (χ4n) is 3.05. The Morgan fingerprint density at radius 2 is 2.22 bits per heavy atom. The summed E-state index contributed by atoms with van der Waals surface area (Å²) in [4.78, 5) is 0. The van der Waals surface area contributed by atoms with Gasteiger partial charge in [0.2, 0.25) is 0 Å². The second-order valence-corrected chi connectivity index (χ2v) is 6.53. The number of thioether (sulfide) groups is 1. The van der Waals surface area contributed by atoms with Crippen molar-refractivity contribution in [1.82, 2.24) is 20.1 Å². The molecule has 1 aromatic heterocycles. The third-order valence-electron chi connectivity index (χ3n) is 4.04. The molecule has 1 aliphatic heterocycles. The maximum atomic E-state index is 4.35. The first-order chi connectivity index (χ1) is 8.93. The van der Waals surface area contributed by atoms with E-state index < -0.39 is 0 Å². The van der Waals surface area contributed by atoms with Crippen LogP contribution in [0.3, 0.4) is 0 Å². The van der Waals surface area contributed by atoms with Crippen LogP contribution in [-0.2, 0) is 6.42 Å². The van der Waals surface area contributed by atoms with Gasteiger partial charge in [-0.25, -0.2) is 0 Å². The van der Waals surface area contributed by atoms with Crippen molar-refractivity contribution < 1.29 is 0 Å². The molecule has 1 aliphatic carbocycles. The summed E-state index contributed by atoms with van der Waals surface area (Å²) < 4.78 is 2.35. The molecule has 1 saturated carbocycles. The Balaban J connectivity index is 1.66. The molecule has 18 heavy (non-hydrogen) atoms. The van der Waals surface area contributed by atoms with Crippen LogP contribution in [-0.4, -0.2) is 38.9 Å². The number of rotatable bonds is 3. The van der Waals surface area contributed by atoms with Crippen LogP contribution in [0.5, 0.6) is 0 Å². The van der Waals surface area contributed by atoms with Crippen molar-refractivity contribution in [2.45, 2.75) is 50.6 Å². The molecule has 1 atom stereocenters. The number of hydrogen-bond acceptors (Lipinski definition) is 4. The van der Waals surface area contributed by atoms with Gasteiger partial charge in [-0.05, 0) is 12.8 Å². The second kappa shape index (κ2) is 6.06. The Hall–Kier alpha value is -0.550. The van der Waals surface area contributed by atoms with Gasteiger partial charge in [0, 0.05) is 36.6 Å². The zero-order valence-corrected chi connectivity index (χ0v) is 11.7. The highest BCUT2D eigenvalue weighted by Gasteiger charge is 2.21. The average molecular weight is 266 g/mol. The van der Waals surface area contributed by atoms with Crippen molar-refractivity contribution in [1.29, 1.82) is 0 Å². The van der Waals surface area contributed by atoms with Crippen LogP contribution in [0.4, 0.5) is 0 Å². The lowest BCUT2D eigenvalue weighted by molar-refractivity contribution is 0.342. The summed E-state index contributed by atoms with van der Waals surface area (Å²) in [6.45, 7) is 1.13. The van der Waals surface area contributed by atoms with Crippen LogP contribution in [0, 0.1) is 0 Å². The number of aromatic nitrogens is 3. The Kier molecular flexibility index (Phi) is 4.20. The molecular weight excluding hydrogens is 244 g/mol. The molecule has 2 aliphatic rings. The molecule has 2 heterocycles. The lowest BCUT2D eigenvalue weighted by Crippen LogP contribution is -2.39. The standard InChI is InChI=1S/C13H22N4S/c1-2-4-12(5-3-1)17-10-15-16-13(17)8-11-9-18-7-6-14-11/h10-12,14H,1-9H2. The third kappa shape index (κ3) is 2.88. The summed E-state index contributed by atoms with van der Waals surface area (Å²) in [5, 5.41) is 12.1. The second-order valence-electron chi connectivity index (χ2n) is 5.38. The first-order valence-corrected chi connectivity index (χ1v) is 8.28. The van der Waals surface area contributed by atoms with E-state index in [1.165, 1.54) is 49.4 Å². The molecule has 1 N–H and O–H groups in total. The van der Waals surface area contributed by atoms with Gasteiger partial charge >= 0.3 is 0 Å². The molecule has 0 radical (unpaired) electrons. The molecule has 1 saturated heterocycles. The van der Waals surface area contributed by atoms with Gasteiger partial charge in [0.25, 0.3) is 0 Å². The lowest BCUT2D eigenvalue weighted by atomic mass is 9.95. The van der Waals surface area contributed by atoms with E-state index in [0.717, 1.165) is 13.0 Å². The van der Waals surface area contributed by atoms with E-state index >= 15 is 0 Å². The van der Waals surface area contributed by atoms with E-state index in [4.69, 9.17) is 0 Å². The maximum Gasteiger partial charge on any atom is 0.134 e. The van der Waals surface area contributed by atoms with E-state index in [2.05, 4.69) is 20.1 Å². The molecule has 1 unspecified atom stereocenters. The van der Waals surface area contributed by atoms with Gasteiger partial charge in [0.05, 0.1) is 0 Å². The number of nitrogens with zero attached hydrogens (tertiary/aromatic N) is 3. The van der Waals surface area contributed by atoms with Gasteiger partial charge < -0.3 is 9.88 Å². The fraction of sp³-hybridized carbons (Fsp3) is 0.846. The zero-order valence-electron chi connectivity index (χ0n) is 10.8. The van der Waals surface area contributed by atoms with Crippen LogP contribution < -0.4 is 5.32 Å². The number of hydrogen-bond donors (Lipinski definition) is 1. The molecule has 0 aromatic carbocycles. The molecule has 0 amide bonds. The molecule has 100 valence electrons. The van der Waals surface area contributed by atoms with Crippen LogP contribution in [0.25, 0.3) is 0 Å². The monoisotopic (exact) mass is 266 g/mol. The topological polar surface area (TPSA) is 42.7 Å². The highest BCUT2D eigenvalue weighted by atomic mass is 32.2. The molecule has 0 bridgehead atoms. The van der Waals surface area contributed by atoms with Crippen LogP contribution in [0.1, 0.15) is 44.0 Å². The summed E-state index contributed by atoms with van der Waals surface area (Å²) in [5.74, 6) is 3.63. The summed E-state index contributed by atoms with van der Waals surface area (Å²) in [6, 6.07) is 1.23. The quantitative estimate of drug-likeness (QED) is 0.909. The summed E-state index contributed by atoms with van der Waals surface area (Å²) in [5.41, 5.74) is 0. The van der Waals surface area contributed by atoms with E-state index in [0.29, 0.717) is 12.1 Å². The minimum absolute atomic E-state index is 0.579. The van der Waals surface area contributed by atoms with Crippen molar-refractivity contribution in [2.75, 3.05) is 18.1 Å². The summed E-state index contributed by atoms with van der Waals surface area (Å²) in [6.07, 6.45) is 9.70. The van der Waals surface area contributed by atoms with Crippen molar-refractivity contribution in [3.05, 3.63) is 12.2 Å². The zero-order chi connectivity index (χ0) is 12.2. The van der Waals surface area contributed by atoms with Gasteiger partial charge in [-0.3, -0.25) is 0 Å². The van der Waals surface area contributed by atoms with Crippen LogP contribution >= 0.6 is 11.8 Å². The summed E-state index contributed by atoms with van der Waals surface area (Å²) >= 11 is 2.05. The third-order valence-corrected chi connectivity index (χ3v) is 5.17. The van der Waals surface area contributed by atoms with Gasteiger partial charge in [0.15, 0.2) is 0 Å². The van der Waals surface area contributed by atoms with Gasteiger partial charge in [-0.2, -0.15) is 11.8 Å². The van der Waals surface area contributed by atoms with Gasteiger partial charge in [-0.1, -0.05) is 19.3 Å². The predicted octanol–water partition coefficient (Wildman–Crippen LogP) is 2.03. The van der Waals surface area contributed by atoms with Gasteiger partial charge in [0.1, 0.15) is 12.2 Å². The highest BCUT2D eigenvalue weighted by molar-refractivity contribution is 7.99. The maximum absolute atomic E-state index is 4.35. The minimum atomic E-state index is 0.579. The van der Waals surface area contributed by atoms with Crippen molar-refractivity contribution in [2.24, 2.45) is 0 Å². The largest absolute Gasteiger partial charge is 0.314 e. The molecule has 5 heteroatoms. The van der Waals surface area contributed by atoms with Crippen LogP contribution in [0.2, 0.25) is 0 Å². The normalized spacial score (nSPS) is 26.3. The lowest BCUT2D eigenvalue weighted by Gasteiger charge is -2.26. The van der Waals surface area contributed by atoms with Gasteiger partial charge in [-0.15, -0.1) is 10.2 Å². The van der Waals surface area contributed by atoms with E-state index in [-0.39, 0.29) is 0 Å². The predicted molar refractivity (Wildman–Crippen MR) is 75.0 cm³/mol. The first kappa shape index (κ1) is 12.5. The number of nitrogens with one attached hydrogen (secondary N) is 1. The van der Waals surface area contributed by atoms with Crippen molar-refractivity contribution in [3.8, 4) is 0 Å². The van der Waals surface area contributed by atoms with Crippen molar-refractivity contribution in [3.63, 3.8) is 0 Å². The highest BCUT2D eigenvalue weighted by Crippen LogP contribution is 2.28.